The van der Waals surface area contributed by atoms with Crippen LogP contribution in [0.5, 0.6) is 5.75 Å². The molecule has 0 fully saturated rings. The van der Waals surface area contributed by atoms with Crippen molar-refractivity contribution in [2.45, 2.75) is 19.4 Å². The van der Waals surface area contributed by atoms with E-state index in [0.29, 0.717) is 16.7 Å². The average molecular weight is 230 g/mol. The summed E-state index contributed by atoms with van der Waals surface area (Å²) in [5.74, 6) is 0.152. The quantitative estimate of drug-likeness (QED) is 0.650. The van der Waals surface area contributed by atoms with Crippen LogP contribution >= 0.6 is 0 Å². The lowest BCUT2D eigenvalue weighted by Gasteiger charge is -2.22. The summed E-state index contributed by atoms with van der Waals surface area (Å²) in [6.45, 7) is 1.81. The molecule has 1 atom stereocenters. The highest BCUT2D eigenvalue weighted by atomic mass is 16.5. The molecule has 1 aliphatic rings. The minimum absolute atomic E-state index is 0.0433. The number of Topliss-reactive ketones (excluding diaryl/α,β-unsaturated/α-hetero) is 1. The molecule has 17 heavy (non-hydrogen) atoms. The van der Waals surface area contributed by atoms with E-state index in [1.807, 2.05) is 13.0 Å². The van der Waals surface area contributed by atoms with E-state index < -0.39 is 5.63 Å². The van der Waals surface area contributed by atoms with Gasteiger partial charge in [0.05, 0.1) is 5.39 Å². The van der Waals surface area contributed by atoms with Gasteiger partial charge in [0.25, 0.3) is 0 Å². The third-order valence-electron chi connectivity index (χ3n) is 2.84. The third kappa shape index (κ3) is 1.45. The van der Waals surface area contributed by atoms with Crippen molar-refractivity contribution < 1.29 is 13.9 Å². The summed E-state index contributed by atoms with van der Waals surface area (Å²) in [5.41, 5.74) is -0.129. The first-order valence-corrected chi connectivity index (χ1v) is 5.42. The van der Waals surface area contributed by atoms with Gasteiger partial charge in [-0.3, -0.25) is 4.79 Å². The minimum Gasteiger partial charge on any atom is -0.488 e. The maximum absolute atomic E-state index is 11.8. The maximum atomic E-state index is 11.8. The van der Waals surface area contributed by atoms with Gasteiger partial charge in [-0.05, 0) is 19.1 Å². The van der Waals surface area contributed by atoms with Crippen LogP contribution in [0.15, 0.2) is 33.5 Å². The Balaban J connectivity index is 2.44. The van der Waals surface area contributed by atoms with Crippen LogP contribution in [0.3, 0.4) is 0 Å². The fourth-order valence-corrected chi connectivity index (χ4v) is 2.09. The SMILES string of the molecule is CC1CC(=O)c2c(c3ccccc3oc2=O)O1. The molecule has 3 rings (SSSR count). The van der Waals surface area contributed by atoms with Crippen LogP contribution in [-0.2, 0) is 0 Å². The number of benzene rings is 1. The first kappa shape index (κ1) is 10.1. The van der Waals surface area contributed by atoms with Gasteiger partial charge in [0.1, 0.15) is 23.0 Å². The summed E-state index contributed by atoms with van der Waals surface area (Å²) < 4.78 is 10.7. The van der Waals surface area contributed by atoms with Crippen molar-refractivity contribution in [3.05, 3.63) is 40.2 Å². The van der Waals surface area contributed by atoms with Crippen LogP contribution in [-0.4, -0.2) is 11.9 Å². The average Bonchev–Trinajstić information content (AvgIpc) is 2.28. The number of ether oxygens (including phenoxy) is 1. The monoisotopic (exact) mass is 230 g/mol. The van der Waals surface area contributed by atoms with Crippen LogP contribution in [0, 0.1) is 0 Å². The zero-order chi connectivity index (χ0) is 12.0. The predicted molar refractivity (Wildman–Crippen MR) is 61.5 cm³/mol. The number of rotatable bonds is 0. The van der Waals surface area contributed by atoms with E-state index in [4.69, 9.17) is 9.15 Å². The highest BCUT2D eigenvalue weighted by Crippen LogP contribution is 2.32. The third-order valence-corrected chi connectivity index (χ3v) is 2.84. The Labute approximate surface area is 96.8 Å². The van der Waals surface area contributed by atoms with Crippen molar-refractivity contribution in [2.75, 3.05) is 0 Å². The normalized spacial score (nSPS) is 18.9. The van der Waals surface area contributed by atoms with Gasteiger partial charge < -0.3 is 9.15 Å². The van der Waals surface area contributed by atoms with Gasteiger partial charge in [-0.2, -0.15) is 0 Å². The summed E-state index contributed by atoms with van der Waals surface area (Å²) in [5, 5.41) is 0.669. The van der Waals surface area contributed by atoms with Crippen molar-refractivity contribution in [2.24, 2.45) is 0 Å². The molecule has 0 amide bonds. The molecule has 0 spiro atoms. The number of hydrogen-bond donors (Lipinski definition) is 0. The number of carbonyl (C=O) groups excluding carboxylic acids is 1. The summed E-state index contributed by atoms with van der Waals surface area (Å²) in [7, 11) is 0. The molecule has 1 aromatic carbocycles. The van der Waals surface area contributed by atoms with Crippen LogP contribution in [0.4, 0.5) is 0 Å². The Morgan fingerprint density at radius 3 is 2.82 bits per heavy atom. The number of para-hydroxylation sites is 1. The molecule has 0 saturated heterocycles. The Hall–Kier alpha value is -2.10. The molecular formula is C13H10O4. The van der Waals surface area contributed by atoms with E-state index >= 15 is 0 Å². The topological polar surface area (TPSA) is 56.5 Å². The van der Waals surface area contributed by atoms with Gasteiger partial charge in [0.2, 0.25) is 0 Å². The van der Waals surface area contributed by atoms with Gasteiger partial charge in [0, 0.05) is 6.42 Å². The lowest BCUT2D eigenvalue weighted by atomic mass is 10.0. The highest BCUT2D eigenvalue weighted by molar-refractivity contribution is 6.04. The Kier molecular flexibility index (Phi) is 2.04. The predicted octanol–water partition coefficient (Wildman–Crippen LogP) is 2.15. The zero-order valence-electron chi connectivity index (χ0n) is 9.23. The van der Waals surface area contributed by atoms with E-state index in [0.717, 1.165) is 0 Å². The molecule has 0 saturated carbocycles. The molecule has 4 heteroatoms. The second-order valence-electron chi connectivity index (χ2n) is 4.15. The highest BCUT2D eigenvalue weighted by Gasteiger charge is 2.29. The summed E-state index contributed by atoms with van der Waals surface area (Å²) in [6.07, 6.45) is 0.0102. The van der Waals surface area contributed by atoms with Crippen LogP contribution in [0.2, 0.25) is 0 Å². The minimum atomic E-state index is -0.615. The summed E-state index contributed by atoms with van der Waals surface area (Å²) in [4.78, 5) is 23.5. The lowest BCUT2D eigenvalue weighted by molar-refractivity contribution is 0.0867. The number of ketones is 1. The van der Waals surface area contributed by atoms with Crippen LogP contribution in [0.25, 0.3) is 11.0 Å². The zero-order valence-corrected chi connectivity index (χ0v) is 9.23. The van der Waals surface area contributed by atoms with E-state index in [1.54, 1.807) is 18.2 Å². The molecule has 4 nitrogen and oxygen atoms in total. The van der Waals surface area contributed by atoms with Gasteiger partial charge in [-0.1, -0.05) is 12.1 Å². The van der Waals surface area contributed by atoms with Crippen molar-refractivity contribution >= 4 is 16.8 Å². The van der Waals surface area contributed by atoms with Crippen molar-refractivity contribution in [1.29, 1.82) is 0 Å². The van der Waals surface area contributed by atoms with Gasteiger partial charge in [-0.15, -0.1) is 0 Å². The molecule has 2 heterocycles. The maximum Gasteiger partial charge on any atom is 0.351 e. The van der Waals surface area contributed by atoms with E-state index in [9.17, 15) is 9.59 Å². The number of carbonyl (C=O) groups is 1. The number of fused-ring (bicyclic) bond motifs is 3. The second-order valence-corrected chi connectivity index (χ2v) is 4.15. The van der Waals surface area contributed by atoms with Gasteiger partial charge in [0.15, 0.2) is 5.78 Å². The molecule has 0 radical (unpaired) electrons. The van der Waals surface area contributed by atoms with Gasteiger partial charge >= 0.3 is 5.63 Å². The Bertz CT molecular complexity index is 669. The Morgan fingerprint density at radius 1 is 1.24 bits per heavy atom. The first-order chi connectivity index (χ1) is 8.16. The molecule has 0 bridgehead atoms. The molecule has 1 aromatic heterocycles. The Morgan fingerprint density at radius 2 is 2.00 bits per heavy atom. The van der Waals surface area contributed by atoms with E-state index in [2.05, 4.69) is 0 Å². The lowest BCUT2D eigenvalue weighted by Crippen LogP contribution is -2.29. The second kappa shape index (κ2) is 3.45. The van der Waals surface area contributed by atoms with Crippen molar-refractivity contribution in [3.8, 4) is 5.75 Å². The molecular weight excluding hydrogens is 220 g/mol. The first-order valence-electron chi connectivity index (χ1n) is 5.42. The largest absolute Gasteiger partial charge is 0.488 e. The smallest absolute Gasteiger partial charge is 0.351 e. The summed E-state index contributed by atoms with van der Waals surface area (Å²) >= 11 is 0. The fourth-order valence-electron chi connectivity index (χ4n) is 2.09. The van der Waals surface area contributed by atoms with Crippen LogP contribution in [0.1, 0.15) is 23.7 Å². The van der Waals surface area contributed by atoms with Crippen molar-refractivity contribution in [1.82, 2.24) is 0 Å². The molecule has 86 valence electrons. The molecule has 2 aromatic rings. The molecule has 0 N–H and O–H groups in total. The van der Waals surface area contributed by atoms with Gasteiger partial charge in [-0.25, -0.2) is 4.79 Å². The molecule has 1 aliphatic heterocycles. The summed E-state index contributed by atoms with van der Waals surface area (Å²) in [6, 6.07) is 7.05. The van der Waals surface area contributed by atoms with Crippen molar-refractivity contribution in [3.63, 3.8) is 0 Å². The molecule has 0 aliphatic carbocycles. The van der Waals surface area contributed by atoms with E-state index in [-0.39, 0.29) is 23.9 Å². The standard InChI is InChI=1S/C13H10O4/c1-7-6-9(14)11-12(16-7)8-4-2-3-5-10(8)17-13(11)15/h2-5,7H,6H2,1H3. The van der Waals surface area contributed by atoms with E-state index in [1.165, 1.54) is 0 Å². The van der Waals surface area contributed by atoms with Crippen LogP contribution < -0.4 is 10.4 Å². The fraction of sp³-hybridized carbons (Fsp3) is 0.231. The molecule has 1 unspecified atom stereocenters. The number of hydrogen-bond acceptors (Lipinski definition) is 4.